The smallest absolute Gasteiger partial charge is 0.337 e. The molecule has 3 aliphatic rings. The summed E-state index contributed by atoms with van der Waals surface area (Å²) >= 11 is 0. The SMILES string of the molecule is O=C(CF)OC1C2CC3OC(=O)C1C3C2. The van der Waals surface area contributed by atoms with Crippen molar-refractivity contribution in [1.29, 1.82) is 0 Å². The van der Waals surface area contributed by atoms with Crippen LogP contribution in [0.3, 0.4) is 0 Å². The number of hydrogen-bond donors (Lipinski definition) is 0. The molecule has 0 aromatic heterocycles. The second-order valence-corrected chi connectivity index (χ2v) is 4.48. The largest absolute Gasteiger partial charge is 0.462 e. The number of carbonyl (C=O) groups is 2. The van der Waals surface area contributed by atoms with Crippen LogP contribution in [0.4, 0.5) is 4.39 Å². The van der Waals surface area contributed by atoms with Crippen molar-refractivity contribution in [3.63, 3.8) is 0 Å². The van der Waals surface area contributed by atoms with Gasteiger partial charge in [-0.25, -0.2) is 9.18 Å². The standard InChI is InChI=1S/C10H11FO4/c11-3-7(12)15-9-4-1-5-6(2-4)14-10(13)8(5)9/h4-6,8-9H,1-3H2. The number of rotatable bonds is 2. The zero-order valence-corrected chi connectivity index (χ0v) is 8.02. The molecule has 5 unspecified atom stereocenters. The van der Waals surface area contributed by atoms with Crippen molar-refractivity contribution in [1.82, 2.24) is 0 Å². The molecular formula is C10H11FO4. The fourth-order valence-electron chi connectivity index (χ4n) is 3.28. The van der Waals surface area contributed by atoms with E-state index in [9.17, 15) is 14.0 Å². The second kappa shape index (κ2) is 2.93. The Kier molecular flexibility index (Phi) is 1.78. The number of halogens is 1. The molecule has 0 amide bonds. The first-order valence-electron chi connectivity index (χ1n) is 5.16. The average Bonchev–Trinajstić information content (AvgIpc) is 2.78. The van der Waals surface area contributed by atoms with Crippen LogP contribution in [0.5, 0.6) is 0 Å². The maximum absolute atomic E-state index is 12.0. The number of esters is 2. The minimum Gasteiger partial charge on any atom is -0.462 e. The van der Waals surface area contributed by atoms with E-state index in [0.717, 1.165) is 12.8 Å². The number of hydrogen-bond acceptors (Lipinski definition) is 4. The molecule has 2 saturated carbocycles. The van der Waals surface area contributed by atoms with Gasteiger partial charge in [0.25, 0.3) is 0 Å². The predicted molar refractivity (Wildman–Crippen MR) is 45.4 cm³/mol. The van der Waals surface area contributed by atoms with Crippen LogP contribution in [0.1, 0.15) is 12.8 Å². The van der Waals surface area contributed by atoms with Gasteiger partial charge in [-0.1, -0.05) is 0 Å². The summed E-state index contributed by atoms with van der Waals surface area (Å²) in [4.78, 5) is 22.3. The van der Waals surface area contributed by atoms with Gasteiger partial charge in [-0.15, -0.1) is 0 Å². The summed E-state index contributed by atoms with van der Waals surface area (Å²) in [6.45, 7) is -1.13. The summed E-state index contributed by atoms with van der Waals surface area (Å²) < 4.78 is 22.2. The van der Waals surface area contributed by atoms with Gasteiger partial charge in [-0.05, 0) is 12.8 Å². The van der Waals surface area contributed by atoms with Crippen molar-refractivity contribution in [3.8, 4) is 0 Å². The molecule has 0 aromatic rings. The van der Waals surface area contributed by atoms with Crippen LogP contribution in [0.2, 0.25) is 0 Å². The van der Waals surface area contributed by atoms with Crippen LogP contribution in [0.15, 0.2) is 0 Å². The summed E-state index contributed by atoms with van der Waals surface area (Å²) in [5.74, 6) is -1.10. The molecule has 1 heterocycles. The van der Waals surface area contributed by atoms with E-state index >= 15 is 0 Å². The molecule has 82 valence electrons. The quantitative estimate of drug-likeness (QED) is 0.626. The van der Waals surface area contributed by atoms with E-state index < -0.39 is 18.7 Å². The first-order chi connectivity index (χ1) is 7.20. The van der Waals surface area contributed by atoms with Gasteiger partial charge in [0.2, 0.25) is 0 Å². The molecule has 0 N–H and O–H groups in total. The minimum absolute atomic E-state index is 0.0211. The average molecular weight is 214 g/mol. The van der Waals surface area contributed by atoms with Gasteiger partial charge < -0.3 is 9.47 Å². The number of ether oxygens (including phenoxy) is 2. The maximum Gasteiger partial charge on any atom is 0.337 e. The molecule has 0 radical (unpaired) electrons. The maximum atomic E-state index is 12.0. The monoisotopic (exact) mass is 214 g/mol. The van der Waals surface area contributed by atoms with E-state index in [2.05, 4.69) is 0 Å². The van der Waals surface area contributed by atoms with Gasteiger partial charge in [0, 0.05) is 11.8 Å². The fourth-order valence-corrected chi connectivity index (χ4v) is 3.28. The van der Waals surface area contributed by atoms with Gasteiger partial charge >= 0.3 is 11.9 Å². The zero-order chi connectivity index (χ0) is 10.6. The van der Waals surface area contributed by atoms with E-state index in [1.165, 1.54) is 0 Å². The summed E-state index contributed by atoms with van der Waals surface area (Å²) in [5.41, 5.74) is 0. The van der Waals surface area contributed by atoms with Gasteiger partial charge in [0.05, 0.1) is 0 Å². The molecule has 0 spiro atoms. The van der Waals surface area contributed by atoms with Gasteiger partial charge in [-0.2, -0.15) is 0 Å². The van der Waals surface area contributed by atoms with Crippen LogP contribution in [0, 0.1) is 17.8 Å². The van der Waals surface area contributed by atoms with Crippen LogP contribution in [-0.4, -0.2) is 30.8 Å². The molecule has 5 atom stereocenters. The molecule has 3 rings (SSSR count). The summed E-state index contributed by atoms with van der Waals surface area (Å²) in [6.07, 6.45) is 1.21. The molecule has 1 saturated heterocycles. The highest BCUT2D eigenvalue weighted by Crippen LogP contribution is 2.55. The number of fused-ring (bicyclic) bond motifs is 1. The van der Waals surface area contributed by atoms with Crippen molar-refractivity contribution in [3.05, 3.63) is 0 Å². The lowest BCUT2D eigenvalue weighted by Gasteiger charge is -2.23. The first-order valence-corrected chi connectivity index (χ1v) is 5.16. The Morgan fingerprint density at radius 3 is 3.07 bits per heavy atom. The zero-order valence-electron chi connectivity index (χ0n) is 8.02. The fraction of sp³-hybridized carbons (Fsp3) is 0.800. The van der Waals surface area contributed by atoms with Crippen LogP contribution < -0.4 is 0 Å². The molecule has 5 heteroatoms. The highest BCUT2D eigenvalue weighted by atomic mass is 19.1. The van der Waals surface area contributed by atoms with Crippen molar-refractivity contribution in [2.24, 2.45) is 17.8 Å². The molecule has 0 aromatic carbocycles. The topological polar surface area (TPSA) is 52.6 Å². The predicted octanol–water partition coefficient (Wildman–Crippen LogP) is 0.449. The summed E-state index contributed by atoms with van der Waals surface area (Å²) in [6, 6.07) is 0. The van der Waals surface area contributed by atoms with Crippen molar-refractivity contribution >= 4 is 11.9 Å². The lowest BCUT2D eigenvalue weighted by Crippen LogP contribution is -2.35. The molecule has 2 aliphatic carbocycles. The Morgan fingerprint density at radius 2 is 2.33 bits per heavy atom. The highest BCUT2D eigenvalue weighted by molar-refractivity contribution is 5.78. The van der Waals surface area contributed by atoms with Gasteiger partial charge in [0.15, 0.2) is 6.67 Å². The Hall–Kier alpha value is -1.13. The lowest BCUT2D eigenvalue weighted by atomic mass is 9.87. The minimum atomic E-state index is -1.13. The number of carbonyl (C=O) groups excluding carboxylic acids is 2. The van der Waals surface area contributed by atoms with E-state index in [1.807, 2.05) is 0 Å². The third-order valence-electron chi connectivity index (χ3n) is 3.78. The Balaban J connectivity index is 1.80. The van der Waals surface area contributed by atoms with Crippen LogP contribution >= 0.6 is 0 Å². The third-order valence-corrected chi connectivity index (χ3v) is 3.78. The van der Waals surface area contributed by atoms with E-state index in [4.69, 9.17) is 9.47 Å². The van der Waals surface area contributed by atoms with Gasteiger partial charge in [-0.3, -0.25) is 4.79 Å². The second-order valence-electron chi connectivity index (χ2n) is 4.48. The summed E-state index contributed by atoms with van der Waals surface area (Å²) in [5, 5.41) is 0. The van der Waals surface area contributed by atoms with Crippen molar-refractivity contribution < 1.29 is 23.5 Å². The molecular weight excluding hydrogens is 203 g/mol. The number of alkyl halides is 1. The van der Waals surface area contributed by atoms with Gasteiger partial charge in [0.1, 0.15) is 18.1 Å². The van der Waals surface area contributed by atoms with Crippen molar-refractivity contribution in [2.75, 3.05) is 6.67 Å². The summed E-state index contributed by atoms with van der Waals surface area (Å²) in [7, 11) is 0. The normalized spacial score (nSPS) is 45.7. The molecule has 15 heavy (non-hydrogen) atoms. The van der Waals surface area contributed by atoms with E-state index in [-0.39, 0.29) is 29.8 Å². The van der Waals surface area contributed by atoms with Crippen LogP contribution in [0.25, 0.3) is 0 Å². The molecule has 1 aliphatic heterocycles. The Labute approximate surface area is 85.7 Å². The molecule has 3 fully saturated rings. The van der Waals surface area contributed by atoms with E-state index in [1.54, 1.807) is 0 Å². The molecule has 2 bridgehead atoms. The lowest BCUT2D eigenvalue weighted by molar-refractivity contribution is -0.157. The van der Waals surface area contributed by atoms with Crippen molar-refractivity contribution in [2.45, 2.75) is 25.0 Å². The Morgan fingerprint density at radius 1 is 1.53 bits per heavy atom. The molecule has 4 nitrogen and oxygen atoms in total. The van der Waals surface area contributed by atoms with Crippen LogP contribution in [-0.2, 0) is 19.1 Å². The highest BCUT2D eigenvalue weighted by Gasteiger charge is 2.63. The first kappa shape index (κ1) is 9.12. The Bertz CT molecular complexity index is 327. The van der Waals surface area contributed by atoms with E-state index in [0.29, 0.717) is 0 Å². The third kappa shape index (κ3) is 1.12.